The van der Waals surface area contributed by atoms with Crippen molar-refractivity contribution in [2.75, 3.05) is 7.11 Å². The minimum atomic E-state index is -0.671. The van der Waals surface area contributed by atoms with E-state index in [0.717, 1.165) is 5.56 Å². The molecule has 1 aromatic rings. The summed E-state index contributed by atoms with van der Waals surface area (Å²) in [5, 5.41) is 2.45. The van der Waals surface area contributed by atoms with Crippen molar-refractivity contribution in [1.29, 1.82) is 0 Å². The number of hydrogen-bond acceptors (Lipinski definition) is 4. The second-order valence-electron chi connectivity index (χ2n) is 1.95. The van der Waals surface area contributed by atoms with E-state index in [2.05, 4.69) is 4.74 Å². The van der Waals surface area contributed by atoms with Gasteiger partial charge in [-0.15, -0.1) is 11.3 Å². The van der Waals surface area contributed by atoms with Crippen molar-refractivity contribution in [3.63, 3.8) is 0 Å². The van der Waals surface area contributed by atoms with Crippen molar-refractivity contribution >= 4 is 17.5 Å². The fraction of sp³-hybridized carbons (Fsp3) is 0.286. The van der Waals surface area contributed by atoms with Crippen molar-refractivity contribution in [3.8, 4) is 5.06 Å². The molecule has 1 rings (SSSR count). The van der Waals surface area contributed by atoms with Crippen LogP contribution in [0.2, 0.25) is 0 Å². The third-order valence-corrected chi connectivity index (χ3v) is 2.05. The first kappa shape index (κ1) is 8.07. The van der Waals surface area contributed by atoms with Gasteiger partial charge in [0.25, 0.3) is 0 Å². The number of thiophene rings is 1. The van der Waals surface area contributed by atoms with E-state index >= 15 is 0 Å². The van der Waals surface area contributed by atoms with E-state index in [-0.39, 0.29) is 0 Å². The first-order valence-corrected chi connectivity index (χ1v) is 3.92. The lowest BCUT2D eigenvalue weighted by molar-refractivity contribution is 0.122. The highest BCUT2D eigenvalue weighted by Crippen LogP contribution is 2.24. The summed E-state index contributed by atoms with van der Waals surface area (Å²) in [5.74, 6) is 0. The molecule has 0 saturated heterocycles. The van der Waals surface area contributed by atoms with Gasteiger partial charge in [-0.05, 0) is 18.4 Å². The smallest absolute Gasteiger partial charge is 0.437 e. The largest absolute Gasteiger partial charge is 0.514 e. The van der Waals surface area contributed by atoms with E-state index in [1.54, 1.807) is 0 Å². The molecule has 0 aromatic carbocycles. The minimum absolute atomic E-state index is 0.594. The number of carbonyl (C=O) groups is 1. The third kappa shape index (κ3) is 1.94. The van der Waals surface area contributed by atoms with Crippen molar-refractivity contribution in [1.82, 2.24) is 0 Å². The summed E-state index contributed by atoms with van der Waals surface area (Å²) in [6.45, 7) is 1.87. The molecule has 4 heteroatoms. The average molecular weight is 172 g/mol. The summed E-state index contributed by atoms with van der Waals surface area (Å²) < 4.78 is 9.12. The van der Waals surface area contributed by atoms with Crippen LogP contribution >= 0.6 is 11.3 Å². The van der Waals surface area contributed by atoms with Gasteiger partial charge in [0.15, 0.2) is 5.06 Å². The maximum atomic E-state index is 10.6. The maximum absolute atomic E-state index is 10.6. The molecular weight excluding hydrogens is 164 g/mol. The lowest BCUT2D eigenvalue weighted by Gasteiger charge is -1.98. The quantitative estimate of drug-likeness (QED) is 0.609. The van der Waals surface area contributed by atoms with E-state index < -0.39 is 6.16 Å². The van der Waals surface area contributed by atoms with Gasteiger partial charge in [0, 0.05) is 5.56 Å². The number of rotatable bonds is 1. The Hall–Kier alpha value is -1.03. The molecule has 0 spiro atoms. The van der Waals surface area contributed by atoms with E-state index in [4.69, 9.17) is 4.74 Å². The molecule has 1 aromatic heterocycles. The Kier molecular flexibility index (Phi) is 2.48. The lowest BCUT2D eigenvalue weighted by Crippen LogP contribution is -2.06. The summed E-state index contributed by atoms with van der Waals surface area (Å²) in [5.41, 5.74) is 0.945. The highest BCUT2D eigenvalue weighted by Gasteiger charge is 2.06. The Balaban J connectivity index is 2.64. The molecule has 11 heavy (non-hydrogen) atoms. The standard InChI is InChI=1S/C7H8O3S/c1-5-3-4-11-6(5)10-7(8)9-2/h3-4H,1-2H3. The van der Waals surface area contributed by atoms with Crippen LogP contribution in [0.1, 0.15) is 5.56 Å². The first-order valence-electron chi connectivity index (χ1n) is 3.04. The zero-order valence-electron chi connectivity index (χ0n) is 6.29. The zero-order valence-corrected chi connectivity index (χ0v) is 7.10. The van der Waals surface area contributed by atoms with E-state index in [9.17, 15) is 4.79 Å². The molecule has 0 aliphatic carbocycles. The summed E-state index contributed by atoms with van der Waals surface area (Å²) in [6.07, 6.45) is -0.671. The van der Waals surface area contributed by atoms with Crippen LogP contribution in [0.25, 0.3) is 0 Å². The SMILES string of the molecule is COC(=O)Oc1sccc1C. The van der Waals surface area contributed by atoms with E-state index in [1.807, 2.05) is 18.4 Å². The molecule has 0 unspecified atom stereocenters. The fourth-order valence-corrected chi connectivity index (χ4v) is 1.35. The number of ether oxygens (including phenoxy) is 2. The van der Waals surface area contributed by atoms with E-state index in [1.165, 1.54) is 18.4 Å². The Labute approximate surface area is 68.6 Å². The van der Waals surface area contributed by atoms with Crippen LogP contribution in [0.3, 0.4) is 0 Å². The molecule has 60 valence electrons. The first-order chi connectivity index (χ1) is 5.24. The molecule has 0 saturated carbocycles. The van der Waals surface area contributed by atoms with Crippen LogP contribution in [0, 0.1) is 6.92 Å². The van der Waals surface area contributed by atoms with Gasteiger partial charge in [-0.1, -0.05) is 0 Å². The van der Waals surface area contributed by atoms with Crippen LogP contribution in [0.4, 0.5) is 4.79 Å². The van der Waals surface area contributed by atoms with Gasteiger partial charge >= 0.3 is 6.16 Å². The zero-order chi connectivity index (χ0) is 8.27. The highest BCUT2D eigenvalue weighted by atomic mass is 32.1. The Morgan fingerprint density at radius 1 is 1.64 bits per heavy atom. The van der Waals surface area contributed by atoms with Gasteiger partial charge in [0.1, 0.15) is 0 Å². The minimum Gasteiger partial charge on any atom is -0.437 e. The van der Waals surface area contributed by atoms with Gasteiger partial charge in [-0.25, -0.2) is 4.79 Å². The highest BCUT2D eigenvalue weighted by molar-refractivity contribution is 7.12. The second-order valence-corrected chi connectivity index (χ2v) is 2.83. The molecule has 0 N–H and O–H groups in total. The number of carbonyl (C=O) groups excluding carboxylic acids is 1. The summed E-state index contributed by atoms with van der Waals surface area (Å²) in [6, 6.07) is 1.88. The molecular formula is C7H8O3S. The van der Waals surface area contributed by atoms with Crippen LogP contribution in [-0.4, -0.2) is 13.3 Å². The monoisotopic (exact) mass is 172 g/mol. The van der Waals surface area contributed by atoms with E-state index in [0.29, 0.717) is 5.06 Å². The summed E-state index contributed by atoms with van der Waals surface area (Å²) >= 11 is 1.37. The van der Waals surface area contributed by atoms with Gasteiger partial charge in [0.2, 0.25) is 0 Å². The average Bonchev–Trinajstić information content (AvgIpc) is 2.37. The third-order valence-electron chi connectivity index (χ3n) is 1.16. The predicted molar refractivity (Wildman–Crippen MR) is 42.1 cm³/mol. The second kappa shape index (κ2) is 3.39. The molecule has 0 aliphatic heterocycles. The normalized spacial score (nSPS) is 9.27. The number of methoxy groups -OCH3 is 1. The molecule has 0 radical (unpaired) electrons. The topological polar surface area (TPSA) is 35.5 Å². The van der Waals surface area contributed by atoms with Crippen LogP contribution in [-0.2, 0) is 4.74 Å². The van der Waals surface area contributed by atoms with Gasteiger partial charge in [0.05, 0.1) is 7.11 Å². The fourth-order valence-electron chi connectivity index (χ4n) is 0.581. The summed E-state index contributed by atoms with van der Waals surface area (Å²) in [7, 11) is 1.28. The number of aryl methyl sites for hydroxylation is 1. The van der Waals surface area contributed by atoms with Crippen molar-refractivity contribution in [3.05, 3.63) is 17.0 Å². The maximum Gasteiger partial charge on any atom is 0.514 e. The summed E-state index contributed by atoms with van der Waals surface area (Å²) in [4.78, 5) is 10.6. The van der Waals surface area contributed by atoms with Crippen LogP contribution in [0.5, 0.6) is 5.06 Å². The molecule has 1 heterocycles. The van der Waals surface area contributed by atoms with Crippen LogP contribution in [0.15, 0.2) is 11.4 Å². The molecule has 0 fully saturated rings. The molecule has 0 aliphatic rings. The van der Waals surface area contributed by atoms with Crippen molar-refractivity contribution in [2.45, 2.75) is 6.92 Å². The molecule has 0 bridgehead atoms. The van der Waals surface area contributed by atoms with Crippen molar-refractivity contribution in [2.24, 2.45) is 0 Å². The molecule has 0 atom stereocenters. The van der Waals surface area contributed by atoms with Gasteiger partial charge in [-0.2, -0.15) is 0 Å². The lowest BCUT2D eigenvalue weighted by atomic mass is 10.4. The van der Waals surface area contributed by atoms with Gasteiger partial charge in [-0.3, -0.25) is 0 Å². The Morgan fingerprint density at radius 2 is 2.36 bits per heavy atom. The molecule has 0 amide bonds. The molecule has 3 nitrogen and oxygen atoms in total. The van der Waals surface area contributed by atoms with Crippen molar-refractivity contribution < 1.29 is 14.3 Å². The Morgan fingerprint density at radius 3 is 2.82 bits per heavy atom. The van der Waals surface area contributed by atoms with Crippen LogP contribution < -0.4 is 4.74 Å². The number of hydrogen-bond donors (Lipinski definition) is 0. The predicted octanol–water partition coefficient (Wildman–Crippen LogP) is 2.20. The van der Waals surface area contributed by atoms with Gasteiger partial charge < -0.3 is 9.47 Å². The Bertz CT molecular complexity index is 254.